The maximum atomic E-state index is 12.7. The first-order chi connectivity index (χ1) is 13.0. The van der Waals surface area contributed by atoms with E-state index >= 15 is 0 Å². The lowest BCUT2D eigenvalue weighted by atomic mass is 9.98. The quantitative estimate of drug-likeness (QED) is 0.768. The van der Waals surface area contributed by atoms with E-state index in [1.165, 1.54) is 20.9 Å². The summed E-state index contributed by atoms with van der Waals surface area (Å²) in [4.78, 5) is 27.0. The summed E-state index contributed by atoms with van der Waals surface area (Å²) < 4.78 is 0. The lowest BCUT2D eigenvalue weighted by Gasteiger charge is -2.22. The average Bonchev–Trinajstić information content (AvgIpc) is 3.31. The van der Waals surface area contributed by atoms with Crippen molar-refractivity contribution in [2.75, 3.05) is 13.1 Å². The SMILES string of the molecule is CC(C)Cc1ccc([C@H]([NH2+][C@@H](C)C(=O)N2CCNC2=O)c2cccs2)cc1. The molecule has 27 heavy (non-hydrogen) atoms. The van der Waals surface area contributed by atoms with Crippen molar-refractivity contribution in [2.45, 2.75) is 39.3 Å². The van der Waals surface area contributed by atoms with Crippen molar-refractivity contribution in [2.24, 2.45) is 5.92 Å². The van der Waals surface area contributed by atoms with Crippen molar-refractivity contribution in [3.8, 4) is 0 Å². The molecule has 1 fully saturated rings. The van der Waals surface area contributed by atoms with Gasteiger partial charge in [0, 0.05) is 18.7 Å². The Morgan fingerprint density at radius 2 is 1.96 bits per heavy atom. The molecule has 2 heterocycles. The number of hydrogen-bond acceptors (Lipinski definition) is 3. The zero-order valence-electron chi connectivity index (χ0n) is 16.1. The van der Waals surface area contributed by atoms with Crippen LogP contribution in [-0.2, 0) is 11.2 Å². The minimum absolute atomic E-state index is 0.0442. The van der Waals surface area contributed by atoms with Crippen molar-refractivity contribution in [3.63, 3.8) is 0 Å². The highest BCUT2D eigenvalue weighted by Crippen LogP contribution is 2.24. The molecule has 1 saturated heterocycles. The topological polar surface area (TPSA) is 66.0 Å². The van der Waals surface area contributed by atoms with E-state index in [0.717, 1.165) is 6.42 Å². The van der Waals surface area contributed by atoms with Gasteiger partial charge in [0.1, 0.15) is 6.04 Å². The van der Waals surface area contributed by atoms with Gasteiger partial charge in [-0.1, -0.05) is 44.2 Å². The van der Waals surface area contributed by atoms with Crippen LogP contribution in [0.25, 0.3) is 0 Å². The number of carbonyl (C=O) groups excluding carboxylic acids is 2. The summed E-state index contributed by atoms with van der Waals surface area (Å²) in [5.41, 5.74) is 2.51. The summed E-state index contributed by atoms with van der Waals surface area (Å²) in [5.74, 6) is 0.489. The van der Waals surface area contributed by atoms with Crippen LogP contribution in [0, 0.1) is 5.92 Å². The van der Waals surface area contributed by atoms with E-state index < -0.39 is 0 Å². The number of quaternary nitrogens is 1. The molecule has 0 saturated carbocycles. The van der Waals surface area contributed by atoms with Crippen LogP contribution in [0.3, 0.4) is 0 Å². The minimum Gasteiger partial charge on any atom is -0.336 e. The fourth-order valence-electron chi connectivity index (χ4n) is 3.47. The molecule has 1 aliphatic heterocycles. The summed E-state index contributed by atoms with van der Waals surface area (Å²) in [7, 11) is 0. The van der Waals surface area contributed by atoms with Gasteiger partial charge < -0.3 is 10.6 Å². The minimum atomic E-state index is -0.337. The van der Waals surface area contributed by atoms with Crippen LogP contribution in [0.2, 0.25) is 0 Å². The third-order valence-corrected chi connectivity index (χ3v) is 5.78. The number of urea groups is 1. The van der Waals surface area contributed by atoms with Crippen molar-refractivity contribution in [1.82, 2.24) is 10.2 Å². The van der Waals surface area contributed by atoms with Gasteiger partial charge in [0.25, 0.3) is 5.91 Å². The van der Waals surface area contributed by atoms with E-state index in [1.54, 1.807) is 11.3 Å². The second-order valence-corrected chi connectivity index (χ2v) is 8.51. The lowest BCUT2D eigenvalue weighted by Crippen LogP contribution is -2.92. The standard InChI is InChI=1S/C21H27N3O2S/c1-14(2)13-16-6-8-17(9-7-16)19(18-5-4-12-27-18)23-15(3)20(25)24-11-10-22-21(24)26/h4-9,12,14-15,19,23H,10-11,13H2,1-3H3,(H,22,26)/p+1/t15-,19-/m0/s1. The maximum Gasteiger partial charge on any atom is 0.324 e. The molecule has 6 heteroatoms. The molecule has 5 nitrogen and oxygen atoms in total. The number of hydrogen-bond donors (Lipinski definition) is 2. The highest BCUT2D eigenvalue weighted by Gasteiger charge is 2.33. The predicted octanol–water partition coefficient (Wildman–Crippen LogP) is 2.54. The number of thiophene rings is 1. The molecule has 0 spiro atoms. The number of carbonyl (C=O) groups is 2. The van der Waals surface area contributed by atoms with Gasteiger partial charge in [-0.2, -0.15) is 0 Å². The first kappa shape index (κ1) is 19.6. The fourth-order valence-corrected chi connectivity index (χ4v) is 4.30. The van der Waals surface area contributed by atoms with Crippen LogP contribution in [0.5, 0.6) is 0 Å². The Balaban J connectivity index is 1.78. The first-order valence-corrected chi connectivity index (χ1v) is 10.4. The van der Waals surface area contributed by atoms with Gasteiger partial charge in [-0.3, -0.25) is 9.69 Å². The van der Waals surface area contributed by atoms with E-state index in [-0.39, 0.29) is 24.0 Å². The van der Waals surface area contributed by atoms with E-state index in [9.17, 15) is 9.59 Å². The molecular weight excluding hydrogens is 358 g/mol. The molecule has 2 aromatic rings. The molecule has 0 aliphatic carbocycles. The summed E-state index contributed by atoms with van der Waals surface area (Å²) in [6.45, 7) is 7.30. The second kappa shape index (κ2) is 8.67. The zero-order chi connectivity index (χ0) is 19.4. The van der Waals surface area contributed by atoms with Crippen molar-refractivity contribution in [1.29, 1.82) is 0 Å². The number of imide groups is 1. The molecule has 3 N–H and O–H groups in total. The van der Waals surface area contributed by atoms with Gasteiger partial charge >= 0.3 is 6.03 Å². The molecule has 144 valence electrons. The predicted molar refractivity (Wildman–Crippen MR) is 108 cm³/mol. The van der Waals surface area contributed by atoms with Gasteiger partial charge in [0.15, 0.2) is 6.04 Å². The summed E-state index contributed by atoms with van der Waals surface area (Å²) >= 11 is 1.69. The Morgan fingerprint density at radius 1 is 1.22 bits per heavy atom. The number of nitrogens with one attached hydrogen (secondary N) is 1. The van der Waals surface area contributed by atoms with Gasteiger partial charge in [-0.15, -0.1) is 11.3 Å². The molecular formula is C21H28N3O2S+. The highest BCUT2D eigenvalue weighted by molar-refractivity contribution is 7.10. The number of nitrogens with two attached hydrogens (primary N) is 1. The first-order valence-electron chi connectivity index (χ1n) is 9.52. The molecule has 1 aliphatic rings. The Kier molecular flexibility index (Phi) is 6.29. The molecule has 1 aromatic heterocycles. The number of benzene rings is 1. The van der Waals surface area contributed by atoms with Gasteiger partial charge in [0.05, 0.1) is 4.88 Å². The Morgan fingerprint density at radius 3 is 2.52 bits per heavy atom. The smallest absolute Gasteiger partial charge is 0.324 e. The number of rotatable bonds is 7. The van der Waals surface area contributed by atoms with Gasteiger partial charge in [0.2, 0.25) is 0 Å². The van der Waals surface area contributed by atoms with Crippen LogP contribution in [0.15, 0.2) is 41.8 Å². The molecule has 0 radical (unpaired) electrons. The van der Waals surface area contributed by atoms with E-state index in [4.69, 9.17) is 0 Å². The van der Waals surface area contributed by atoms with Crippen LogP contribution >= 0.6 is 11.3 Å². The van der Waals surface area contributed by atoms with E-state index in [0.29, 0.717) is 19.0 Å². The zero-order valence-corrected chi connectivity index (χ0v) is 17.0. The Bertz CT molecular complexity index is 771. The maximum absolute atomic E-state index is 12.7. The summed E-state index contributed by atoms with van der Waals surface area (Å²) in [5, 5.41) is 6.82. The van der Waals surface area contributed by atoms with E-state index in [2.05, 4.69) is 60.2 Å². The van der Waals surface area contributed by atoms with Gasteiger partial charge in [-0.05, 0) is 36.3 Å². The normalized spacial score (nSPS) is 16.4. The summed E-state index contributed by atoms with van der Waals surface area (Å²) in [6, 6.07) is 12.3. The number of amides is 3. The lowest BCUT2D eigenvalue weighted by molar-refractivity contribution is -0.704. The molecule has 0 bridgehead atoms. The molecule has 3 rings (SSSR count). The van der Waals surface area contributed by atoms with Gasteiger partial charge in [-0.25, -0.2) is 4.79 Å². The molecule has 2 atom stereocenters. The fraction of sp³-hybridized carbons (Fsp3) is 0.429. The average molecular weight is 387 g/mol. The third kappa shape index (κ3) is 4.76. The van der Waals surface area contributed by atoms with Crippen LogP contribution in [0.1, 0.15) is 42.8 Å². The largest absolute Gasteiger partial charge is 0.336 e. The molecule has 3 amide bonds. The highest BCUT2D eigenvalue weighted by atomic mass is 32.1. The van der Waals surface area contributed by atoms with Crippen LogP contribution in [0.4, 0.5) is 4.79 Å². The van der Waals surface area contributed by atoms with Crippen LogP contribution in [-0.4, -0.2) is 36.0 Å². The number of nitrogens with zero attached hydrogens (tertiary/aromatic N) is 1. The molecule has 1 aromatic carbocycles. The third-order valence-electron chi connectivity index (χ3n) is 4.83. The second-order valence-electron chi connectivity index (χ2n) is 7.54. The van der Waals surface area contributed by atoms with Crippen molar-refractivity contribution >= 4 is 23.3 Å². The van der Waals surface area contributed by atoms with Crippen molar-refractivity contribution in [3.05, 3.63) is 57.8 Å². The summed E-state index contributed by atoms with van der Waals surface area (Å²) in [6.07, 6.45) is 1.06. The van der Waals surface area contributed by atoms with Crippen LogP contribution < -0.4 is 10.6 Å². The van der Waals surface area contributed by atoms with Crippen molar-refractivity contribution < 1.29 is 14.9 Å². The Labute approximate surface area is 164 Å². The Hall–Kier alpha value is -2.18. The monoisotopic (exact) mass is 386 g/mol. The molecule has 0 unspecified atom stereocenters. The van der Waals surface area contributed by atoms with E-state index in [1.807, 2.05) is 13.0 Å².